The summed E-state index contributed by atoms with van der Waals surface area (Å²) in [5.74, 6) is 0.789. The minimum atomic E-state index is -0.0129. The van der Waals surface area contributed by atoms with Gasteiger partial charge in [-0.25, -0.2) is 4.99 Å². The van der Waals surface area contributed by atoms with E-state index < -0.39 is 0 Å². The van der Waals surface area contributed by atoms with Gasteiger partial charge in [-0.1, -0.05) is 54.6 Å². The van der Waals surface area contributed by atoms with E-state index in [0.29, 0.717) is 26.4 Å². The number of aliphatic imine (C=N–C) groups is 1. The van der Waals surface area contributed by atoms with E-state index in [1.165, 1.54) is 5.56 Å². The van der Waals surface area contributed by atoms with Crippen LogP contribution in [0.25, 0.3) is 0 Å². The molecule has 2 aromatic rings. The second-order valence-electron chi connectivity index (χ2n) is 8.12. The van der Waals surface area contributed by atoms with Crippen molar-refractivity contribution in [3.05, 3.63) is 71.3 Å². The van der Waals surface area contributed by atoms with Crippen LogP contribution in [0.15, 0.2) is 59.6 Å². The highest BCUT2D eigenvalue weighted by Crippen LogP contribution is 2.31. The van der Waals surface area contributed by atoms with Gasteiger partial charge in [0.2, 0.25) is 0 Å². The normalized spacial score (nSPS) is 18.8. The first-order valence-electron chi connectivity index (χ1n) is 11.1. The molecule has 6 heteroatoms. The van der Waals surface area contributed by atoms with Crippen LogP contribution in [0.1, 0.15) is 36.5 Å². The third-order valence-corrected chi connectivity index (χ3v) is 5.59. The van der Waals surface area contributed by atoms with E-state index in [-0.39, 0.29) is 12.0 Å². The van der Waals surface area contributed by atoms with Crippen molar-refractivity contribution >= 4 is 5.96 Å². The number of rotatable bonds is 11. The fraction of sp³-hybridized carbons (Fsp3) is 0.480. The molecule has 0 spiro atoms. The number of nitrogens with zero attached hydrogens (tertiary/aromatic N) is 1. The Labute approximate surface area is 185 Å². The standard InChI is InChI=1S/C25H35N3O3/c1-2-26-24(28-19-25(11-13-29)12-14-30-20-25)27-16-22-9-6-10-23(15-22)18-31-17-21-7-4-3-5-8-21/h3-10,15,29H,2,11-14,16-20H2,1H3,(H2,26,27,28). The van der Waals surface area contributed by atoms with E-state index in [4.69, 9.17) is 14.5 Å². The lowest BCUT2D eigenvalue weighted by Crippen LogP contribution is -2.44. The summed E-state index contributed by atoms with van der Waals surface area (Å²) in [4.78, 5) is 4.76. The molecule has 1 fully saturated rings. The van der Waals surface area contributed by atoms with Crippen LogP contribution in [-0.2, 0) is 29.2 Å². The molecule has 6 nitrogen and oxygen atoms in total. The Balaban J connectivity index is 1.53. The van der Waals surface area contributed by atoms with Crippen molar-refractivity contribution in [2.45, 2.75) is 39.5 Å². The van der Waals surface area contributed by atoms with Gasteiger partial charge in [-0.05, 0) is 36.5 Å². The molecule has 1 heterocycles. The minimum absolute atomic E-state index is 0.0129. The van der Waals surface area contributed by atoms with Crippen LogP contribution < -0.4 is 10.6 Å². The quantitative estimate of drug-likeness (QED) is 0.381. The van der Waals surface area contributed by atoms with Crippen molar-refractivity contribution in [3.63, 3.8) is 0 Å². The molecule has 0 aliphatic carbocycles. The molecule has 1 unspecified atom stereocenters. The van der Waals surface area contributed by atoms with Crippen LogP contribution in [0.3, 0.4) is 0 Å². The summed E-state index contributed by atoms with van der Waals surface area (Å²) < 4.78 is 11.4. The maximum absolute atomic E-state index is 9.43. The molecule has 1 aliphatic rings. The number of aliphatic hydroxyl groups excluding tert-OH is 1. The second-order valence-corrected chi connectivity index (χ2v) is 8.12. The van der Waals surface area contributed by atoms with E-state index in [1.807, 2.05) is 18.2 Å². The molecule has 3 rings (SSSR count). The van der Waals surface area contributed by atoms with Crippen LogP contribution >= 0.6 is 0 Å². The molecule has 31 heavy (non-hydrogen) atoms. The Morgan fingerprint density at radius 2 is 1.84 bits per heavy atom. The van der Waals surface area contributed by atoms with Gasteiger partial charge in [-0.3, -0.25) is 0 Å². The topological polar surface area (TPSA) is 75.1 Å². The van der Waals surface area contributed by atoms with Crippen LogP contribution in [0, 0.1) is 5.41 Å². The summed E-state index contributed by atoms with van der Waals surface area (Å²) in [7, 11) is 0. The highest BCUT2D eigenvalue weighted by atomic mass is 16.5. The average Bonchev–Trinajstić information content (AvgIpc) is 3.26. The fourth-order valence-corrected chi connectivity index (χ4v) is 3.77. The van der Waals surface area contributed by atoms with Crippen molar-refractivity contribution < 1.29 is 14.6 Å². The molecule has 0 aromatic heterocycles. The third-order valence-electron chi connectivity index (χ3n) is 5.59. The van der Waals surface area contributed by atoms with Gasteiger partial charge in [-0.2, -0.15) is 0 Å². The molecule has 1 atom stereocenters. The molecule has 1 aliphatic heterocycles. The van der Waals surface area contributed by atoms with Crippen LogP contribution in [0.4, 0.5) is 0 Å². The van der Waals surface area contributed by atoms with E-state index in [0.717, 1.165) is 49.6 Å². The highest BCUT2D eigenvalue weighted by molar-refractivity contribution is 5.79. The lowest BCUT2D eigenvalue weighted by atomic mass is 9.84. The Bertz CT molecular complexity index is 805. The molecule has 1 saturated heterocycles. The SMILES string of the molecule is CCNC(=NCc1cccc(COCc2ccccc2)c1)NCC1(CCO)CCOC1. The Morgan fingerprint density at radius 1 is 1.06 bits per heavy atom. The molecule has 0 radical (unpaired) electrons. The van der Waals surface area contributed by atoms with Crippen molar-refractivity contribution in [1.29, 1.82) is 0 Å². The van der Waals surface area contributed by atoms with E-state index in [9.17, 15) is 5.11 Å². The number of benzene rings is 2. The monoisotopic (exact) mass is 425 g/mol. The Kier molecular flexibility index (Phi) is 9.34. The first kappa shape index (κ1) is 23.3. The lowest BCUT2D eigenvalue weighted by Gasteiger charge is -2.27. The van der Waals surface area contributed by atoms with Crippen molar-refractivity contribution in [2.24, 2.45) is 10.4 Å². The maximum atomic E-state index is 9.43. The van der Waals surface area contributed by atoms with Crippen LogP contribution in [0.2, 0.25) is 0 Å². The van der Waals surface area contributed by atoms with E-state index in [2.05, 4.69) is 54.0 Å². The second kappa shape index (κ2) is 12.4. The predicted octanol–water partition coefficient (Wildman–Crippen LogP) is 3.25. The largest absolute Gasteiger partial charge is 0.396 e. The van der Waals surface area contributed by atoms with Crippen molar-refractivity contribution in [2.75, 3.05) is 32.9 Å². The van der Waals surface area contributed by atoms with Gasteiger partial charge in [0.15, 0.2) is 5.96 Å². The zero-order valence-electron chi connectivity index (χ0n) is 18.5. The third kappa shape index (κ3) is 7.65. The van der Waals surface area contributed by atoms with Gasteiger partial charge in [0.1, 0.15) is 0 Å². The zero-order chi connectivity index (χ0) is 21.8. The first-order valence-corrected chi connectivity index (χ1v) is 11.1. The summed E-state index contributed by atoms with van der Waals surface area (Å²) in [6.45, 7) is 6.99. The minimum Gasteiger partial charge on any atom is -0.396 e. The molecule has 168 valence electrons. The molecule has 3 N–H and O–H groups in total. The summed E-state index contributed by atoms with van der Waals surface area (Å²) in [6, 6.07) is 18.6. The number of aliphatic hydroxyl groups is 1. The van der Waals surface area contributed by atoms with Crippen LogP contribution in [-0.4, -0.2) is 44.0 Å². The van der Waals surface area contributed by atoms with Gasteiger partial charge in [0, 0.05) is 31.7 Å². The smallest absolute Gasteiger partial charge is 0.191 e. The molecule has 2 aromatic carbocycles. The molecular weight excluding hydrogens is 390 g/mol. The number of hydrogen-bond donors (Lipinski definition) is 3. The summed E-state index contributed by atoms with van der Waals surface area (Å²) >= 11 is 0. The highest BCUT2D eigenvalue weighted by Gasteiger charge is 2.34. The van der Waals surface area contributed by atoms with Crippen molar-refractivity contribution in [1.82, 2.24) is 10.6 Å². The number of ether oxygens (including phenoxy) is 2. The van der Waals surface area contributed by atoms with Gasteiger partial charge >= 0.3 is 0 Å². The Hall–Kier alpha value is -2.41. The summed E-state index contributed by atoms with van der Waals surface area (Å²) in [6.07, 6.45) is 1.70. The maximum Gasteiger partial charge on any atom is 0.191 e. The summed E-state index contributed by atoms with van der Waals surface area (Å²) in [5, 5.41) is 16.2. The van der Waals surface area contributed by atoms with Gasteiger partial charge in [-0.15, -0.1) is 0 Å². The molecule has 0 saturated carbocycles. The van der Waals surface area contributed by atoms with E-state index >= 15 is 0 Å². The zero-order valence-corrected chi connectivity index (χ0v) is 18.5. The first-order chi connectivity index (χ1) is 15.2. The predicted molar refractivity (Wildman–Crippen MR) is 124 cm³/mol. The fourth-order valence-electron chi connectivity index (χ4n) is 3.77. The number of nitrogens with one attached hydrogen (secondary N) is 2. The lowest BCUT2D eigenvalue weighted by molar-refractivity contribution is 0.107. The molecular formula is C25H35N3O3. The number of guanidine groups is 1. The average molecular weight is 426 g/mol. The van der Waals surface area contributed by atoms with Gasteiger partial charge < -0.3 is 25.2 Å². The van der Waals surface area contributed by atoms with Crippen molar-refractivity contribution in [3.8, 4) is 0 Å². The van der Waals surface area contributed by atoms with Gasteiger partial charge in [0.05, 0.1) is 26.4 Å². The van der Waals surface area contributed by atoms with Gasteiger partial charge in [0.25, 0.3) is 0 Å². The molecule has 0 amide bonds. The Morgan fingerprint density at radius 3 is 2.58 bits per heavy atom. The molecule has 0 bridgehead atoms. The summed E-state index contributed by atoms with van der Waals surface area (Å²) in [5.41, 5.74) is 3.45. The number of hydrogen-bond acceptors (Lipinski definition) is 4. The van der Waals surface area contributed by atoms with Crippen LogP contribution in [0.5, 0.6) is 0 Å². The van der Waals surface area contributed by atoms with E-state index in [1.54, 1.807) is 0 Å².